The van der Waals surface area contributed by atoms with E-state index in [1.165, 1.54) is 23.9 Å². The van der Waals surface area contributed by atoms with Crippen molar-refractivity contribution in [3.63, 3.8) is 0 Å². The first-order valence-corrected chi connectivity index (χ1v) is 7.89. The Labute approximate surface area is 145 Å². The van der Waals surface area contributed by atoms with Gasteiger partial charge in [0.05, 0.1) is 23.1 Å². The number of aryl methyl sites for hydroxylation is 1. The van der Waals surface area contributed by atoms with Crippen molar-refractivity contribution in [2.45, 2.75) is 13.8 Å². The minimum atomic E-state index is -0.478. The van der Waals surface area contributed by atoms with Gasteiger partial charge < -0.3 is 10.6 Å². The molecule has 0 aliphatic rings. The van der Waals surface area contributed by atoms with Crippen molar-refractivity contribution in [1.29, 1.82) is 0 Å². The van der Waals surface area contributed by atoms with Crippen LogP contribution in [0.15, 0.2) is 60.9 Å². The second kappa shape index (κ2) is 7.13. The number of hydrogen-bond acceptors (Lipinski definition) is 3. The van der Waals surface area contributed by atoms with Gasteiger partial charge in [0.25, 0.3) is 5.91 Å². The van der Waals surface area contributed by atoms with E-state index >= 15 is 0 Å². The van der Waals surface area contributed by atoms with Crippen molar-refractivity contribution >= 4 is 23.0 Å². The summed E-state index contributed by atoms with van der Waals surface area (Å²) in [6.45, 7) is 4.07. The summed E-state index contributed by atoms with van der Waals surface area (Å²) < 4.78 is 13.7. The maximum atomic E-state index is 13.7. The Morgan fingerprint density at radius 1 is 1.00 bits per heavy atom. The smallest absolute Gasteiger partial charge is 0.257 e. The third kappa shape index (κ3) is 3.83. The molecule has 0 spiro atoms. The summed E-state index contributed by atoms with van der Waals surface area (Å²) in [5, 5.41) is 5.82. The number of halogens is 1. The zero-order valence-electron chi connectivity index (χ0n) is 14.0. The van der Waals surface area contributed by atoms with Crippen LogP contribution in [0.1, 0.15) is 21.5 Å². The number of carbonyl (C=O) groups excluding carboxylic acids is 1. The lowest BCUT2D eigenvalue weighted by Crippen LogP contribution is -2.13. The molecular formula is C20H18FN3O. The fourth-order valence-electron chi connectivity index (χ4n) is 2.43. The van der Waals surface area contributed by atoms with Crippen LogP contribution in [0, 0.1) is 19.7 Å². The van der Waals surface area contributed by atoms with E-state index in [0.717, 1.165) is 11.3 Å². The molecule has 126 valence electrons. The lowest BCUT2D eigenvalue weighted by Gasteiger charge is -2.12. The highest BCUT2D eigenvalue weighted by Crippen LogP contribution is 2.23. The number of carbonyl (C=O) groups is 1. The van der Waals surface area contributed by atoms with E-state index in [2.05, 4.69) is 15.6 Å². The monoisotopic (exact) mass is 335 g/mol. The van der Waals surface area contributed by atoms with Gasteiger partial charge in [-0.15, -0.1) is 0 Å². The van der Waals surface area contributed by atoms with Gasteiger partial charge in [-0.1, -0.05) is 24.3 Å². The maximum Gasteiger partial charge on any atom is 0.257 e. The number of pyridine rings is 1. The molecule has 25 heavy (non-hydrogen) atoms. The van der Waals surface area contributed by atoms with Crippen LogP contribution in [0.5, 0.6) is 0 Å². The zero-order valence-corrected chi connectivity index (χ0v) is 14.0. The Bertz CT molecular complexity index is 924. The number of aromatic nitrogens is 1. The maximum absolute atomic E-state index is 13.7. The molecule has 0 fully saturated rings. The normalized spacial score (nSPS) is 10.4. The molecule has 0 aliphatic heterocycles. The van der Waals surface area contributed by atoms with Crippen LogP contribution in [0.3, 0.4) is 0 Å². The van der Waals surface area contributed by atoms with Gasteiger partial charge >= 0.3 is 0 Å². The predicted octanol–water partition coefficient (Wildman–Crippen LogP) is 4.83. The molecule has 0 radical (unpaired) electrons. The number of benzene rings is 2. The molecule has 0 atom stereocenters. The topological polar surface area (TPSA) is 54.0 Å². The summed E-state index contributed by atoms with van der Waals surface area (Å²) in [6, 6.07) is 13.7. The van der Waals surface area contributed by atoms with Gasteiger partial charge in [0.1, 0.15) is 5.82 Å². The van der Waals surface area contributed by atoms with Crippen LogP contribution in [0.2, 0.25) is 0 Å². The van der Waals surface area contributed by atoms with Crippen molar-refractivity contribution in [1.82, 2.24) is 4.98 Å². The van der Waals surface area contributed by atoms with Crippen LogP contribution in [0.4, 0.5) is 21.5 Å². The van der Waals surface area contributed by atoms with Crippen molar-refractivity contribution in [3.8, 4) is 0 Å². The van der Waals surface area contributed by atoms with Crippen molar-refractivity contribution in [2.75, 3.05) is 10.6 Å². The van der Waals surface area contributed by atoms with E-state index in [9.17, 15) is 9.18 Å². The van der Waals surface area contributed by atoms with Crippen LogP contribution >= 0.6 is 0 Å². The highest BCUT2D eigenvalue weighted by atomic mass is 19.1. The molecule has 5 heteroatoms. The Morgan fingerprint density at radius 2 is 1.76 bits per heavy atom. The van der Waals surface area contributed by atoms with Gasteiger partial charge in [0, 0.05) is 11.9 Å². The molecule has 2 aromatic carbocycles. The van der Waals surface area contributed by atoms with Gasteiger partial charge in [0.15, 0.2) is 0 Å². The van der Waals surface area contributed by atoms with Crippen LogP contribution in [0.25, 0.3) is 0 Å². The van der Waals surface area contributed by atoms with Crippen molar-refractivity contribution in [3.05, 3.63) is 83.4 Å². The molecule has 3 rings (SSSR count). The van der Waals surface area contributed by atoms with Crippen molar-refractivity contribution < 1.29 is 9.18 Å². The number of nitrogens with zero attached hydrogens (tertiary/aromatic N) is 1. The van der Waals surface area contributed by atoms with E-state index in [0.29, 0.717) is 11.3 Å². The van der Waals surface area contributed by atoms with E-state index in [1.54, 1.807) is 24.4 Å². The Hall–Kier alpha value is -3.21. The Balaban J connectivity index is 1.80. The van der Waals surface area contributed by atoms with Crippen LogP contribution in [-0.4, -0.2) is 10.9 Å². The van der Waals surface area contributed by atoms with Gasteiger partial charge in [-0.3, -0.25) is 9.78 Å². The standard InChI is InChI=1S/C20H18FN3O/c1-13-6-5-9-18(14(13)2)23-16-10-15(11-22-12-16)20(25)24-19-8-4-3-7-17(19)21/h3-12,23H,1-2H3,(H,24,25). The first-order valence-electron chi connectivity index (χ1n) is 7.89. The first-order chi connectivity index (χ1) is 12.0. The van der Waals surface area contributed by atoms with E-state index in [1.807, 2.05) is 32.0 Å². The third-order valence-electron chi connectivity index (χ3n) is 4.01. The van der Waals surface area contributed by atoms with Crippen molar-refractivity contribution in [2.24, 2.45) is 0 Å². The molecule has 2 N–H and O–H groups in total. The summed E-state index contributed by atoms with van der Waals surface area (Å²) in [7, 11) is 0. The molecule has 0 saturated carbocycles. The molecule has 3 aromatic rings. The molecule has 0 saturated heterocycles. The van der Waals surface area contributed by atoms with Crippen LogP contribution < -0.4 is 10.6 Å². The molecule has 1 aromatic heterocycles. The average Bonchev–Trinajstić information content (AvgIpc) is 2.61. The summed E-state index contributed by atoms with van der Waals surface area (Å²) in [4.78, 5) is 16.4. The SMILES string of the molecule is Cc1cccc(Nc2cncc(C(=O)Nc3ccccc3F)c2)c1C. The predicted molar refractivity (Wildman–Crippen MR) is 97.8 cm³/mol. The third-order valence-corrected chi connectivity index (χ3v) is 4.01. The second-order valence-electron chi connectivity index (χ2n) is 5.77. The van der Waals surface area contributed by atoms with Gasteiger partial charge in [0.2, 0.25) is 0 Å². The van der Waals surface area contributed by atoms with E-state index in [4.69, 9.17) is 0 Å². The fourth-order valence-corrected chi connectivity index (χ4v) is 2.43. The Kier molecular flexibility index (Phi) is 4.75. The lowest BCUT2D eigenvalue weighted by atomic mass is 10.1. The highest BCUT2D eigenvalue weighted by Gasteiger charge is 2.10. The molecule has 0 bridgehead atoms. The lowest BCUT2D eigenvalue weighted by molar-refractivity contribution is 0.102. The molecule has 4 nitrogen and oxygen atoms in total. The minimum Gasteiger partial charge on any atom is -0.354 e. The quantitative estimate of drug-likeness (QED) is 0.718. The molecule has 1 amide bonds. The van der Waals surface area contributed by atoms with Gasteiger partial charge in [-0.2, -0.15) is 0 Å². The van der Waals surface area contributed by atoms with Gasteiger partial charge in [-0.25, -0.2) is 4.39 Å². The molecule has 1 heterocycles. The number of para-hydroxylation sites is 1. The largest absolute Gasteiger partial charge is 0.354 e. The van der Waals surface area contributed by atoms with Gasteiger partial charge in [-0.05, 0) is 49.2 Å². The number of amides is 1. The number of anilines is 3. The minimum absolute atomic E-state index is 0.139. The summed E-state index contributed by atoms with van der Waals surface area (Å²) in [6.07, 6.45) is 3.09. The summed E-state index contributed by atoms with van der Waals surface area (Å²) >= 11 is 0. The van der Waals surface area contributed by atoms with E-state index in [-0.39, 0.29) is 5.69 Å². The molecule has 0 aliphatic carbocycles. The van der Waals surface area contributed by atoms with Crippen LogP contribution in [-0.2, 0) is 0 Å². The molecular weight excluding hydrogens is 317 g/mol. The average molecular weight is 335 g/mol. The second-order valence-corrected chi connectivity index (χ2v) is 5.77. The fraction of sp³-hybridized carbons (Fsp3) is 0.100. The summed E-state index contributed by atoms with van der Waals surface area (Å²) in [5.41, 5.74) is 4.43. The number of nitrogens with one attached hydrogen (secondary N) is 2. The first kappa shape index (κ1) is 16.6. The number of rotatable bonds is 4. The Morgan fingerprint density at radius 3 is 2.56 bits per heavy atom. The zero-order chi connectivity index (χ0) is 17.8. The number of hydrogen-bond donors (Lipinski definition) is 2. The highest BCUT2D eigenvalue weighted by molar-refractivity contribution is 6.04. The van der Waals surface area contributed by atoms with E-state index < -0.39 is 11.7 Å². The molecule has 0 unspecified atom stereocenters. The summed E-state index contributed by atoms with van der Waals surface area (Å²) in [5.74, 6) is -0.893.